The van der Waals surface area contributed by atoms with Crippen LogP contribution in [0.3, 0.4) is 0 Å². The van der Waals surface area contributed by atoms with Gasteiger partial charge in [-0.3, -0.25) is 0 Å². The van der Waals surface area contributed by atoms with Crippen LogP contribution in [-0.2, 0) is 0 Å². The van der Waals surface area contributed by atoms with E-state index in [0.717, 1.165) is 17.8 Å². The zero-order chi connectivity index (χ0) is 23.9. The van der Waals surface area contributed by atoms with Crippen LogP contribution in [0.2, 0.25) is 0 Å². The zero-order valence-corrected chi connectivity index (χ0v) is 23.2. The summed E-state index contributed by atoms with van der Waals surface area (Å²) in [5, 5.41) is 0. The van der Waals surface area contributed by atoms with Crippen LogP contribution in [-0.4, -0.2) is 0 Å². The van der Waals surface area contributed by atoms with Gasteiger partial charge in [-0.25, -0.2) is 0 Å². The average Bonchev–Trinajstić information content (AvgIpc) is 3.06. The van der Waals surface area contributed by atoms with Crippen molar-refractivity contribution in [2.24, 2.45) is 34.5 Å². The van der Waals surface area contributed by atoms with E-state index in [1.165, 1.54) is 82.6 Å². The second-order valence-electron chi connectivity index (χ2n) is 13.1. The number of fused-ring (bicyclic) bond motifs is 1. The van der Waals surface area contributed by atoms with E-state index in [-0.39, 0.29) is 7.43 Å². The fourth-order valence-electron chi connectivity index (χ4n) is 6.95. The Bertz CT molecular complexity index is 654. The van der Waals surface area contributed by atoms with Gasteiger partial charge in [0.05, 0.1) is 0 Å². The molecular formula is C33H60. The van der Waals surface area contributed by atoms with E-state index in [4.69, 9.17) is 0 Å². The third-order valence-electron chi connectivity index (χ3n) is 8.88. The second-order valence-corrected chi connectivity index (χ2v) is 13.1. The Labute approximate surface area is 209 Å². The fraction of sp³-hybridized carbons (Fsp3) is 0.818. The number of hydrogen-bond acceptors (Lipinski definition) is 0. The first kappa shape index (κ1) is 30.3. The lowest BCUT2D eigenvalue weighted by Gasteiger charge is -2.44. The van der Waals surface area contributed by atoms with Crippen LogP contribution in [0, 0.1) is 34.5 Å². The van der Waals surface area contributed by atoms with E-state index in [0.29, 0.717) is 16.7 Å². The highest BCUT2D eigenvalue weighted by Crippen LogP contribution is 2.60. The van der Waals surface area contributed by atoms with Gasteiger partial charge in [-0.15, -0.1) is 0 Å². The van der Waals surface area contributed by atoms with Gasteiger partial charge in [0.25, 0.3) is 0 Å². The Kier molecular flexibility index (Phi) is 12.2. The molecule has 5 unspecified atom stereocenters. The first-order valence-electron chi connectivity index (χ1n) is 14.1. The van der Waals surface area contributed by atoms with Crippen molar-refractivity contribution in [3.63, 3.8) is 0 Å². The second kappa shape index (κ2) is 13.3. The zero-order valence-electron chi connectivity index (χ0n) is 23.2. The predicted molar refractivity (Wildman–Crippen MR) is 152 cm³/mol. The summed E-state index contributed by atoms with van der Waals surface area (Å²) in [4.78, 5) is 0. The predicted octanol–water partition coefficient (Wildman–Crippen LogP) is 11.3. The summed E-state index contributed by atoms with van der Waals surface area (Å²) in [6.45, 7) is 23.2. The molecule has 33 heavy (non-hydrogen) atoms. The molecular weight excluding hydrogens is 396 g/mol. The van der Waals surface area contributed by atoms with Crippen LogP contribution in [0.5, 0.6) is 0 Å². The van der Waals surface area contributed by atoms with Gasteiger partial charge in [0.2, 0.25) is 0 Å². The largest absolute Gasteiger partial charge is 0.0996 e. The highest BCUT2D eigenvalue weighted by molar-refractivity contribution is 5.27. The van der Waals surface area contributed by atoms with Crippen molar-refractivity contribution in [1.29, 1.82) is 0 Å². The summed E-state index contributed by atoms with van der Waals surface area (Å²) < 4.78 is 0. The molecule has 0 heterocycles. The molecule has 3 fully saturated rings. The number of rotatable bonds is 5. The van der Waals surface area contributed by atoms with Crippen molar-refractivity contribution < 1.29 is 0 Å². The summed E-state index contributed by atoms with van der Waals surface area (Å²) in [7, 11) is 0. The molecule has 0 aromatic rings. The molecule has 0 nitrogen and oxygen atoms in total. The molecule has 5 atom stereocenters. The number of hydrogen-bond donors (Lipinski definition) is 0. The van der Waals surface area contributed by atoms with Crippen molar-refractivity contribution in [2.75, 3.05) is 0 Å². The van der Waals surface area contributed by atoms with Gasteiger partial charge in [0.15, 0.2) is 0 Å². The van der Waals surface area contributed by atoms with Crippen LogP contribution in [0.1, 0.15) is 140 Å². The standard InChI is InChI=1S/C29H48.C3H8.CH4/c1-21-12-13-24(20-23(21)3)14-15-25-11-9-19-29(7)26(16-17-27(25)29)22(2)10-8-18-28(4,5)6;1-3-2;/h14-15,22-23,26-27H,1,8-13,16-20H2,2-7H3;3H2,1-2H3;1H4/b24-14-,25-15+;;. The molecule has 0 bridgehead atoms. The molecule has 0 aromatic carbocycles. The van der Waals surface area contributed by atoms with Gasteiger partial charge in [-0.1, -0.05) is 118 Å². The summed E-state index contributed by atoms with van der Waals surface area (Å²) in [6.07, 6.45) is 21.3. The Hall–Kier alpha value is -0.780. The molecule has 3 rings (SSSR count). The monoisotopic (exact) mass is 456 g/mol. The fourth-order valence-corrected chi connectivity index (χ4v) is 6.95. The maximum absolute atomic E-state index is 4.25. The van der Waals surface area contributed by atoms with E-state index < -0.39 is 0 Å². The van der Waals surface area contributed by atoms with Crippen molar-refractivity contribution in [2.45, 2.75) is 140 Å². The maximum atomic E-state index is 4.25. The van der Waals surface area contributed by atoms with Gasteiger partial charge in [-0.05, 0) is 92.3 Å². The minimum Gasteiger partial charge on any atom is -0.0996 e. The summed E-state index contributed by atoms with van der Waals surface area (Å²) in [6, 6.07) is 0. The molecule has 0 spiro atoms. The van der Waals surface area contributed by atoms with Gasteiger partial charge in [-0.2, -0.15) is 0 Å². The molecule has 0 N–H and O–H groups in total. The third kappa shape index (κ3) is 8.43. The molecule has 0 heteroatoms. The lowest BCUT2D eigenvalue weighted by molar-refractivity contribution is 0.0920. The van der Waals surface area contributed by atoms with Gasteiger partial charge >= 0.3 is 0 Å². The Balaban J connectivity index is 0.00000129. The molecule has 3 aliphatic rings. The van der Waals surface area contributed by atoms with Crippen molar-refractivity contribution in [3.05, 3.63) is 35.5 Å². The van der Waals surface area contributed by atoms with Gasteiger partial charge in [0, 0.05) is 0 Å². The summed E-state index contributed by atoms with van der Waals surface area (Å²) in [5.74, 6) is 3.34. The Morgan fingerprint density at radius 3 is 2.36 bits per heavy atom. The van der Waals surface area contributed by atoms with E-state index in [1.54, 1.807) is 11.1 Å². The minimum absolute atomic E-state index is 0. The van der Waals surface area contributed by atoms with E-state index in [2.05, 4.69) is 74.1 Å². The van der Waals surface area contributed by atoms with Crippen molar-refractivity contribution in [1.82, 2.24) is 0 Å². The van der Waals surface area contributed by atoms with E-state index >= 15 is 0 Å². The highest BCUT2D eigenvalue weighted by atomic mass is 14.5. The average molecular weight is 457 g/mol. The summed E-state index contributed by atoms with van der Waals surface area (Å²) >= 11 is 0. The lowest BCUT2D eigenvalue weighted by Crippen LogP contribution is -2.36. The Morgan fingerprint density at radius 2 is 1.76 bits per heavy atom. The summed E-state index contributed by atoms with van der Waals surface area (Å²) in [5.41, 5.74) is 5.94. The molecule has 0 amide bonds. The molecule has 0 aliphatic heterocycles. The van der Waals surface area contributed by atoms with Crippen LogP contribution < -0.4 is 0 Å². The smallest absolute Gasteiger partial charge is 0.0143 e. The number of allylic oxidation sites excluding steroid dienone is 5. The van der Waals surface area contributed by atoms with E-state index in [1.807, 2.05) is 0 Å². The minimum atomic E-state index is 0. The maximum Gasteiger partial charge on any atom is -0.0143 e. The van der Waals surface area contributed by atoms with Crippen molar-refractivity contribution in [3.8, 4) is 0 Å². The first-order valence-corrected chi connectivity index (χ1v) is 14.1. The first-order chi connectivity index (χ1) is 15.0. The third-order valence-corrected chi connectivity index (χ3v) is 8.88. The van der Waals surface area contributed by atoms with E-state index in [9.17, 15) is 0 Å². The molecule has 0 radical (unpaired) electrons. The lowest BCUT2D eigenvalue weighted by atomic mass is 9.60. The molecule has 192 valence electrons. The Morgan fingerprint density at radius 1 is 1.09 bits per heavy atom. The highest BCUT2D eigenvalue weighted by Gasteiger charge is 2.50. The quantitative estimate of drug-likeness (QED) is 0.361. The molecule has 0 saturated heterocycles. The normalized spacial score (nSPS) is 33.2. The van der Waals surface area contributed by atoms with Gasteiger partial charge in [0.1, 0.15) is 0 Å². The molecule has 0 aromatic heterocycles. The van der Waals surface area contributed by atoms with Crippen LogP contribution in [0.25, 0.3) is 0 Å². The van der Waals surface area contributed by atoms with Crippen LogP contribution in [0.15, 0.2) is 35.5 Å². The van der Waals surface area contributed by atoms with Crippen molar-refractivity contribution >= 4 is 0 Å². The molecule has 3 aliphatic carbocycles. The van der Waals surface area contributed by atoms with Crippen LogP contribution >= 0.6 is 0 Å². The van der Waals surface area contributed by atoms with Crippen LogP contribution in [0.4, 0.5) is 0 Å². The molecule has 3 saturated carbocycles. The van der Waals surface area contributed by atoms with Gasteiger partial charge < -0.3 is 0 Å². The topological polar surface area (TPSA) is 0 Å². The SMILES string of the molecule is C.C=C1CC/C(=C/C=C2\CCCC3(C)C2CCC3C(C)CCCC(C)(C)C)CC1C.CCC.